The fourth-order valence-electron chi connectivity index (χ4n) is 4.00. The van der Waals surface area contributed by atoms with Gasteiger partial charge < -0.3 is 9.47 Å². The van der Waals surface area contributed by atoms with Gasteiger partial charge in [-0.1, -0.05) is 102 Å². The minimum Gasteiger partial charge on any atom is -0.462 e. The molecular formula is C27H45N3O3. The molecule has 1 heterocycles. The van der Waals surface area contributed by atoms with E-state index < -0.39 is 0 Å². The summed E-state index contributed by atoms with van der Waals surface area (Å²) in [5, 5.41) is 10.3. The lowest BCUT2D eigenvalue weighted by molar-refractivity contribution is 0.0353. The first-order chi connectivity index (χ1) is 16.3. The molecule has 0 radical (unpaired) electrons. The summed E-state index contributed by atoms with van der Waals surface area (Å²) in [6.45, 7) is 5.58. The Kier molecular flexibility index (Phi) is 15.3. The highest BCUT2D eigenvalue weighted by Gasteiger charge is 2.09. The highest BCUT2D eigenvalue weighted by Crippen LogP contribution is 2.17. The van der Waals surface area contributed by atoms with E-state index in [2.05, 4.69) is 17.3 Å². The van der Waals surface area contributed by atoms with Crippen LogP contribution in [0.5, 0.6) is 0 Å². The van der Waals surface area contributed by atoms with Gasteiger partial charge in [0.15, 0.2) is 0 Å². The Balaban J connectivity index is 1.46. The van der Waals surface area contributed by atoms with Gasteiger partial charge in [-0.15, -0.1) is 5.11 Å². The summed E-state index contributed by atoms with van der Waals surface area (Å²) in [4.78, 5) is 12.3. The van der Waals surface area contributed by atoms with Gasteiger partial charge in [-0.3, -0.25) is 5.01 Å². The van der Waals surface area contributed by atoms with Crippen molar-refractivity contribution in [2.75, 3.05) is 32.9 Å². The van der Waals surface area contributed by atoms with Crippen LogP contribution in [-0.2, 0) is 9.47 Å². The van der Waals surface area contributed by atoms with Crippen LogP contribution in [0.15, 0.2) is 34.6 Å². The summed E-state index contributed by atoms with van der Waals surface area (Å²) in [5.74, 6) is -0.284. The number of ether oxygens (including phenoxy) is 2. The second-order valence-electron chi connectivity index (χ2n) is 9.04. The lowest BCUT2D eigenvalue weighted by Crippen LogP contribution is -2.31. The Hall–Kier alpha value is -1.95. The quantitative estimate of drug-likeness (QED) is 0.128. The topological polar surface area (TPSA) is 63.5 Å². The second kappa shape index (κ2) is 18.5. The van der Waals surface area contributed by atoms with Crippen molar-refractivity contribution in [3.63, 3.8) is 0 Å². The van der Waals surface area contributed by atoms with E-state index in [-0.39, 0.29) is 5.97 Å². The van der Waals surface area contributed by atoms with E-state index >= 15 is 0 Å². The molecule has 1 aliphatic rings. The van der Waals surface area contributed by atoms with Gasteiger partial charge in [0.05, 0.1) is 44.2 Å². The third-order valence-electron chi connectivity index (χ3n) is 6.09. The van der Waals surface area contributed by atoms with Crippen LogP contribution in [0.4, 0.5) is 5.69 Å². The number of unbranched alkanes of at least 4 members (excludes halogenated alkanes) is 13. The van der Waals surface area contributed by atoms with Crippen molar-refractivity contribution < 1.29 is 14.3 Å². The molecule has 2 rings (SSSR count). The SMILES string of the molecule is CCCCCCCCCCCCCCCCOC(=O)c1cccc(/N=N/N2CCOCC2)c1. The summed E-state index contributed by atoms with van der Waals surface area (Å²) in [6.07, 6.45) is 18.5. The van der Waals surface area contributed by atoms with Gasteiger partial charge in [0.2, 0.25) is 0 Å². The minimum absolute atomic E-state index is 0.284. The Bertz CT molecular complexity index is 660. The fourth-order valence-corrected chi connectivity index (χ4v) is 4.00. The van der Waals surface area contributed by atoms with Crippen LogP contribution in [0.3, 0.4) is 0 Å². The molecule has 1 aromatic carbocycles. The van der Waals surface area contributed by atoms with Crippen molar-refractivity contribution in [3.05, 3.63) is 29.8 Å². The predicted octanol–water partition coefficient (Wildman–Crippen LogP) is 7.66. The number of esters is 1. The van der Waals surface area contributed by atoms with E-state index in [1.165, 1.54) is 77.0 Å². The lowest BCUT2D eigenvalue weighted by Gasteiger charge is -2.22. The number of hydrogen-bond donors (Lipinski definition) is 0. The summed E-state index contributed by atoms with van der Waals surface area (Å²) in [5.41, 5.74) is 1.19. The molecule has 0 bridgehead atoms. The molecular weight excluding hydrogens is 414 g/mol. The Labute approximate surface area is 201 Å². The smallest absolute Gasteiger partial charge is 0.338 e. The molecule has 1 aromatic rings. The van der Waals surface area contributed by atoms with E-state index in [0.29, 0.717) is 31.1 Å². The van der Waals surface area contributed by atoms with Crippen molar-refractivity contribution in [3.8, 4) is 0 Å². The minimum atomic E-state index is -0.284. The first-order valence-corrected chi connectivity index (χ1v) is 13.3. The molecule has 0 spiro atoms. The average molecular weight is 460 g/mol. The number of carbonyl (C=O) groups excluding carboxylic acids is 1. The highest BCUT2D eigenvalue weighted by molar-refractivity contribution is 5.90. The number of rotatable bonds is 18. The fraction of sp³-hybridized carbons (Fsp3) is 0.741. The van der Waals surface area contributed by atoms with Gasteiger partial charge in [-0.2, -0.15) is 0 Å². The molecule has 0 atom stereocenters. The van der Waals surface area contributed by atoms with Crippen molar-refractivity contribution in [2.45, 2.75) is 96.8 Å². The van der Waals surface area contributed by atoms with Crippen LogP contribution < -0.4 is 0 Å². The second-order valence-corrected chi connectivity index (χ2v) is 9.04. The van der Waals surface area contributed by atoms with Crippen molar-refractivity contribution in [2.24, 2.45) is 10.3 Å². The maximum atomic E-state index is 12.3. The van der Waals surface area contributed by atoms with E-state index in [1.54, 1.807) is 12.1 Å². The third-order valence-corrected chi connectivity index (χ3v) is 6.09. The molecule has 0 amide bonds. The summed E-state index contributed by atoms with van der Waals surface area (Å²) < 4.78 is 10.7. The normalized spacial score (nSPS) is 14.2. The largest absolute Gasteiger partial charge is 0.462 e. The maximum Gasteiger partial charge on any atom is 0.338 e. The van der Waals surface area contributed by atoms with E-state index in [4.69, 9.17) is 9.47 Å². The summed E-state index contributed by atoms with van der Waals surface area (Å²) >= 11 is 0. The molecule has 6 heteroatoms. The van der Waals surface area contributed by atoms with E-state index in [9.17, 15) is 4.79 Å². The number of benzene rings is 1. The first kappa shape index (κ1) is 27.3. The van der Waals surface area contributed by atoms with Gasteiger partial charge in [0, 0.05) is 0 Å². The standard InChI is InChI=1S/C27H45N3O3/c1-2-3-4-5-6-7-8-9-10-11-12-13-14-15-21-33-27(31)25-17-16-18-26(24-25)28-29-30-19-22-32-23-20-30/h16-18,24H,2-15,19-23H2,1H3/b29-28+. The van der Waals surface area contributed by atoms with Gasteiger partial charge in [0.25, 0.3) is 0 Å². The Morgan fingerprint density at radius 3 is 2.06 bits per heavy atom. The molecule has 0 saturated carbocycles. The van der Waals surface area contributed by atoms with E-state index in [1.807, 2.05) is 17.1 Å². The lowest BCUT2D eigenvalue weighted by atomic mass is 10.0. The predicted molar refractivity (Wildman–Crippen MR) is 134 cm³/mol. The summed E-state index contributed by atoms with van der Waals surface area (Å²) in [7, 11) is 0. The monoisotopic (exact) mass is 459 g/mol. The van der Waals surface area contributed by atoms with Gasteiger partial charge in [-0.25, -0.2) is 4.79 Å². The zero-order chi connectivity index (χ0) is 23.4. The molecule has 1 aliphatic heterocycles. The number of nitrogens with zero attached hydrogens (tertiary/aromatic N) is 3. The highest BCUT2D eigenvalue weighted by atomic mass is 16.5. The number of carbonyl (C=O) groups is 1. The molecule has 1 saturated heterocycles. The molecule has 1 fully saturated rings. The molecule has 33 heavy (non-hydrogen) atoms. The van der Waals surface area contributed by atoms with Crippen LogP contribution in [0.2, 0.25) is 0 Å². The zero-order valence-corrected chi connectivity index (χ0v) is 20.8. The summed E-state index contributed by atoms with van der Waals surface area (Å²) in [6, 6.07) is 7.16. The van der Waals surface area contributed by atoms with Gasteiger partial charge in [-0.05, 0) is 24.6 Å². The molecule has 186 valence electrons. The van der Waals surface area contributed by atoms with Crippen LogP contribution in [-0.4, -0.2) is 43.9 Å². The number of morpholine rings is 1. The molecule has 0 unspecified atom stereocenters. The average Bonchev–Trinajstić information content (AvgIpc) is 2.86. The Morgan fingerprint density at radius 2 is 1.45 bits per heavy atom. The van der Waals surface area contributed by atoms with Crippen molar-refractivity contribution in [1.82, 2.24) is 5.01 Å². The van der Waals surface area contributed by atoms with Crippen LogP contribution in [0.25, 0.3) is 0 Å². The number of hydrogen-bond acceptors (Lipinski definition) is 5. The molecule has 6 nitrogen and oxygen atoms in total. The van der Waals surface area contributed by atoms with Crippen molar-refractivity contribution in [1.29, 1.82) is 0 Å². The molecule has 0 aromatic heterocycles. The first-order valence-electron chi connectivity index (χ1n) is 13.3. The molecule has 0 aliphatic carbocycles. The molecule has 0 N–H and O–H groups in total. The van der Waals surface area contributed by atoms with Crippen LogP contribution in [0.1, 0.15) is 107 Å². The van der Waals surface area contributed by atoms with E-state index in [0.717, 1.165) is 25.9 Å². The van der Waals surface area contributed by atoms with Crippen LogP contribution >= 0.6 is 0 Å². The van der Waals surface area contributed by atoms with Gasteiger partial charge in [0.1, 0.15) is 0 Å². The Morgan fingerprint density at radius 1 is 0.879 bits per heavy atom. The van der Waals surface area contributed by atoms with Crippen molar-refractivity contribution >= 4 is 11.7 Å². The third kappa shape index (κ3) is 13.4. The van der Waals surface area contributed by atoms with Gasteiger partial charge >= 0.3 is 5.97 Å². The zero-order valence-electron chi connectivity index (χ0n) is 20.8. The van der Waals surface area contributed by atoms with Crippen LogP contribution in [0, 0.1) is 0 Å². The maximum absolute atomic E-state index is 12.3.